The van der Waals surface area contributed by atoms with Gasteiger partial charge in [-0.25, -0.2) is 0 Å². The molecule has 2 fully saturated rings. The van der Waals surface area contributed by atoms with Gasteiger partial charge in [0.1, 0.15) is 40.1 Å². The summed E-state index contributed by atoms with van der Waals surface area (Å²) in [4.78, 5) is 14.2. The number of nitrogens with zero attached hydrogens (tertiary/aromatic N) is 1. The van der Waals surface area contributed by atoms with E-state index in [2.05, 4.69) is 12.1 Å². The lowest BCUT2D eigenvalue weighted by atomic mass is 9.51. The molecule has 0 bridgehead atoms. The van der Waals surface area contributed by atoms with Gasteiger partial charge in [-0.15, -0.1) is 0 Å². The predicted molar refractivity (Wildman–Crippen MR) is 150 cm³/mol. The molecule has 10 heteroatoms. The van der Waals surface area contributed by atoms with E-state index in [0.717, 1.165) is 16.7 Å². The summed E-state index contributed by atoms with van der Waals surface area (Å²) in [5, 5.41) is 27.1. The number of ketones is 1. The molecule has 0 amide bonds. The minimum absolute atomic E-state index is 0.0143. The summed E-state index contributed by atoms with van der Waals surface area (Å²) in [5.74, 6) is -2.93. The molecule has 0 saturated carbocycles. The number of benzene rings is 3. The number of phenols is 2. The lowest BCUT2D eigenvalue weighted by molar-refractivity contribution is -0.199. The van der Waals surface area contributed by atoms with Gasteiger partial charge in [0.05, 0.1) is 22.8 Å². The van der Waals surface area contributed by atoms with Crippen LogP contribution in [0.1, 0.15) is 75.0 Å². The molecule has 3 aromatic carbocycles. The maximum Gasteiger partial charge on any atom is 0.253 e. The minimum atomic E-state index is -1.70. The topological polar surface area (TPSA) is 133 Å². The average Bonchev–Trinajstić information content (AvgIpc) is 3.25. The van der Waals surface area contributed by atoms with Crippen molar-refractivity contribution in [1.29, 1.82) is 0 Å². The number of aromatic nitrogens is 1. The lowest BCUT2D eigenvalue weighted by Gasteiger charge is -2.46. The van der Waals surface area contributed by atoms with E-state index in [0.29, 0.717) is 39.5 Å². The second-order valence-electron chi connectivity index (χ2n) is 12.9. The Morgan fingerprint density at radius 3 is 2.50 bits per heavy atom. The quantitative estimate of drug-likeness (QED) is 0.246. The summed E-state index contributed by atoms with van der Waals surface area (Å²) < 4.78 is 39.0. The van der Waals surface area contributed by atoms with E-state index in [-0.39, 0.29) is 46.5 Å². The fraction of sp³-hybridized carbons (Fsp3) is 0.353. The van der Waals surface area contributed by atoms with Gasteiger partial charge in [-0.05, 0) is 50.6 Å². The zero-order valence-electron chi connectivity index (χ0n) is 24.5. The average molecular weight is 594 g/mol. The standard InChI is InChI=1S/C34H27NO9/c1-13-11-16-22(20(37)12-13)33(39-4,40-5)23-15(26(16)38)9-10-18-27(23)42-34-17-7-6-8-19(36)21(17)25-24-28(44-35-25)30-31(3,43-30)29(14(2)41-34)32(18,24)34/h6-12,14,29-30,36-37H,1-5H3/t14-,29+,30+,31-,32-,34+/m1/s1. The highest BCUT2D eigenvalue weighted by Gasteiger charge is 2.86. The van der Waals surface area contributed by atoms with E-state index in [4.69, 9.17) is 28.2 Å². The first-order valence-corrected chi connectivity index (χ1v) is 14.6. The molecule has 6 aliphatic rings. The summed E-state index contributed by atoms with van der Waals surface area (Å²) in [6, 6.07) is 12.2. The Kier molecular flexibility index (Phi) is 4.10. The monoisotopic (exact) mass is 593 g/mol. The zero-order chi connectivity index (χ0) is 30.3. The van der Waals surface area contributed by atoms with Crippen LogP contribution in [-0.2, 0) is 35.9 Å². The molecule has 3 aliphatic heterocycles. The number of carbonyl (C=O) groups is 1. The lowest BCUT2D eigenvalue weighted by Crippen LogP contribution is -2.56. The van der Waals surface area contributed by atoms with Crippen molar-refractivity contribution < 1.29 is 43.2 Å². The molecule has 1 spiro atoms. The molecule has 10 nitrogen and oxygen atoms in total. The summed E-state index contributed by atoms with van der Waals surface area (Å²) in [5.41, 5.74) is 3.24. The number of fused-ring (bicyclic) bond motifs is 9. The van der Waals surface area contributed by atoms with Crippen molar-refractivity contribution in [3.05, 3.63) is 92.7 Å². The first-order chi connectivity index (χ1) is 21.1. The number of phenolic OH excluding ortho intramolecular Hbond substituents is 2. The number of aromatic hydroxyl groups is 2. The van der Waals surface area contributed by atoms with Gasteiger partial charge in [0.15, 0.2) is 11.5 Å². The van der Waals surface area contributed by atoms with Crippen molar-refractivity contribution in [3.8, 4) is 28.5 Å². The Morgan fingerprint density at radius 2 is 1.73 bits per heavy atom. The van der Waals surface area contributed by atoms with Gasteiger partial charge in [0.2, 0.25) is 5.79 Å². The number of aryl methyl sites for hydroxylation is 1. The number of ether oxygens (including phenoxy) is 5. The molecule has 0 unspecified atom stereocenters. The SMILES string of the molecule is COC1(OC)c2c(O)cc(C)cc2C(=O)c2ccc3c(c21)O[C@]12O[C@H](C)[C@H]4[C@@]5(C)O[C@H]5c5onc(c5[C@]341)-c1c(O)cccc12. The number of methoxy groups -OCH3 is 2. The van der Waals surface area contributed by atoms with E-state index in [9.17, 15) is 15.0 Å². The Balaban J connectivity index is 1.38. The summed E-state index contributed by atoms with van der Waals surface area (Å²) in [7, 11) is 2.95. The third-order valence-electron chi connectivity index (χ3n) is 11.1. The van der Waals surface area contributed by atoms with Crippen LogP contribution in [0.4, 0.5) is 0 Å². The van der Waals surface area contributed by atoms with Gasteiger partial charge in [0, 0.05) is 48.0 Å². The van der Waals surface area contributed by atoms with E-state index < -0.39 is 22.6 Å². The van der Waals surface area contributed by atoms with Gasteiger partial charge in [-0.1, -0.05) is 23.4 Å². The van der Waals surface area contributed by atoms with Crippen LogP contribution < -0.4 is 4.74 Å². The third-order valence-corrected chi connectivity index (χ3v) is 11.1. The fourth-order valence-corrected chi connectivity index (χ4v) is 9.69. The molecule has 4 heterocycles. The fourth-order valence-electron chi connectivity index (χ4n) is 9.69. The highest BCUT2D eigenvalue weighted by Crippen LogP contribution is 2.81. The molecule has 222 valence electrons. The van der Waals surface area contributed by atoms with E-state index in [1.807, 2.05) is 26.0 Å². The van der Waals surface area contributed by atoms with Gasteiger partial charge < -0.3 is 38.4 Å². The largest absolute Gasteiger partial charge is 0.507 e. The van der Waals surface area contributed by atoms with Gasteiger partial charge in [0.25, 0.3) is 5.79 Å². The van der Waals surface area contributed by atoms with Crippen LogP contribution in [0.25, 0.3) is 11.3 Å². The maximum atomic E-state index is 14.2. The van der Waals surface area contributed by atoms with E-state index in [1.54, 1.807) is 30.3 Å². The molecule has 3 aliphatic carbocycles. The second kappa shape index (κ2) is 7.18. The molecule has 4 aromatic rings. The maximum absolute atomic E-state index is 14.2. The highest BCUT2D eigenvalue weighted by atomic mass is 16.7. The molecule has 2 saturated heterocycles. The summed E-state index contributed by atoms with van der Waals surface area (Å²) in [6.07, 6.45) is -0.682. The van der Waals surface area contributed by atoms with Crippen molar-refractivity contribution in [2.24, 2.45) is 5.92 Å². The molecular weight excluding hydrogens is 566 g/mol. The van der Waals surface area contributed by atoms with Crippen LogP contribution in [0.2, 0.25) is 0 Å². The summed E-state index contributed by atoms with van der Waals surface area (Å²) >= 11 is 0. The Hall–Kier alpha value is -4.22. The first kappa shape index (κ1) is 25.1. The van der Waals surface area contributed by atoms with Crippen molar-refractivity contribution in [3.63, 3.8) is 0 Å². The Bertz CT molecular complexity index is 2060. The summed E-state index contributed by atoms with van der Waals surface area (Å²) in [6.45, 7) is 5.88. The molecule has 44 heavy (non-hydrogen) atoms. The van der Waals surface area contributed by atoms with Gasteiger partial charge in [-0.3, -0.25) is 4.79 Å². The second-order valence-corrected chi connectivity index (χ2v) is 12.9. The number of carbonyl (C=O) groups excluding carboxylic acids is 1. The molecule has 0 radical (unpaired) electrons. The van der Waals surface area contributed by atoms with Crippen LogP contribution in [-0.4, -0.2) is 47.1 Å². The highest BCUT2D eigenvalue weighted by molar-refractivity contribution is 6.14. The minimum Gasteiger partial charge on any atom is -0.507 e. The van der Waals surface area contributed by atoms with Crippen molar-refractivity contribution in [2.45, 2.75) is 55.6 Å². The number of hydrogen-bond acceptors (Lipinski definition) is 10. The van der Waals surface area contributed by atoms with Crippen molar-refractivity contribution in [2.75, 3.05) is 14.2 Å². The van der Waals surface area contributed by atoms with Crippen molar-refractivity contribution >= 4 is 5.78 Å². The molecule has 2 N–H and O–H groups in total. The number of hydrogen-bond donors (Lipinski definition) is 2. The van der Waals surface area contributed by atoms with Gasteiger partial charge >= 0.3 is 0 Å². The zero-order valence-corrected chi connectivity index (χ0v) is 24.5. The Morgan fingerprint density at radius 1 is 0.932 bits per heavy atom. The number of epoxide rings is 1. The third kappa shape index (κ3) is 2.22. The van der Waals surface area contributed by atoms with Gasteiger partial charge in [-0.2, -0.15) is 0 Å². The first-order valence-electron chi connectivity index (χ1n) is 14.6. The van der Waals surface area contributed by atoms with E-state index >= 15 is 0 Å². The van der Waals surface area contributed by atoms with Crippen molar-refractivity contribution in [1.82, 2.24) is 5.16 Å². The van der Waals surface area contributed by atoms with Crippen LogP contribution >= 0.6 is 0 Å². The molecule has 10 rings (SSSR count). The van der Waals surface area contributed by atoms with Crippen LogP contribution in [0.3, 0.4) is 0 Å². The van der Waals surface area contributed by atoms with Crippen LogP contribution in [0.5, 0.6) is 17.2 Å². The molecule has 6 atom stereocenters. The smallest absolute Gasteiger partial charge is 0.253 e. The molecule has 1 aromatic heterocycles. The molecular formula is C34H27NO9. The van der Waals surface area contributed by atoms with Crippen LogP contribution in [0, 0.1) is 12.8 Å². The normalized spacial score (nSPS) is 33.3. The Labute approximate surface area is 251 Å². The number of rotatable bonds is 2. The van der Waals surface area contributed by atoms with E-state index in [1.165, 1.54) is 14.2 Å². The predicted octanol–water partition coefficient (Wildman–Crippen LogP) is 4.82. The van der Waals surface area contributed by atoms with Crippen LogP contribution in [0.15, 0.2) is 47.0 Å².